The van der Waals surface area contributed by atoms with E-state index in [1.165, 1.54) is 6.07 Å². The number of rotatable bonds is 8. The Morgan fingerprint density at radius 1 is 1.20 bits per heavy atom. The lowest BCUT2D eigenvalue weighted by molar-refractivity contribution is -0.181. The van der Waals surface area contributed by atoms with E-state index in [9.17, 15) is 22.4 Å². The molecule has 0 saturated carbocycles. The zero-order valence-corrected chi connectivity index (χ0v) is 21.6. The Kier molecular flexibility index (Phi) is 8.16. The molecule has 0 spiro atoms. The van der Waals surface area contributed by atoms with E-state index in [0.717, 1.165) is 22.6 Å². The molecule has 3 rings (SSSR count). The Morgan fingerprint density at radius 2 is 1.91 bits per heavy atom. The van der Waals surface area contributed by atoms with Crippen LogP contribution in [0.2, 0.25) is 0 Å². The molecule has 0 aromatic carbocycles. The van der Waals surface area contributed by atoms with Gasteiger partial charge in [0.1, 0.15) is 6.04 Å². The molecule has 0 bridgehead atoms. The lowest BCUT2D eigenvalue weighted by Gasteiger charge is -2.42. The largest absolute Gasteiger partial charge is 0.409 e. The molecule has 0 aliphatic carbocycles. The Hall–Kier alpha value is -2.20. The van der Waals surface area contributed by atoms with E-state index >= 15 is 0 Å². The van der Waals surface area contributed by atoms with E-state index in [-0.39, 0.29) is 30.6 Å². The fourth-order valence-corrected chi connectivity index (χ4v) is 5.57. The number of pyridine rings is 1. The summed E-state index contributed by atoms with van der Waals surface area (Å²) in [6.07, 6.45) is -2.18. The summed E-state index contributed by atoms with van der Waals surface area (Å²) < 4.78 is 57.1. The van der Waals surface area contributed by atoms with Crippen molar-refractivity contribution in [1.82, 2.24) is 20.5 Å². The highest BCUT2D eigenvalue weighted by Gasteiger charge is 2.57. The molecule has 1 aliphatic heterocycles. The van der Waals surface area contributed by atoms with Crippen LogP contribution in [0.4, 0.5) is 22.4 Å². The van der Waals surface area contributed by atoms with Crippen LogP contribution >= 0.6 is 11.3 Å². The van der Waals surface area contributed by atoms with E-state index in [0.29, 0.717) is 17.8 Å². The number of hydrogen-bond donors (Lipinski definition) is 2. The lowest BCUT2D eigenvalue weighted by Crippen LogP contribution is -2.60. The minimum absolute atomic E-state index is 0.133. The fraction of sp³-hybridized carbons (Fsp3) is 0.600. The molecule has 0 unspecified atom stereocenters. The number of alkyl halides is 3. The second-order valence-electron chi connectivity index (χ2n) is 10.2. The summed E-state index contributed by atoms with van der Waals surface area (Å²) in [6, 6.07) is 3.59. The average Bonchev–Trinajstić information content (AvgIpc) is 3.37. The van der Waals surface area contributed by atoms with E-state index < -0.39 is 29.2 Å². The molecule has 1 fully saturated rings. The summed E-state index contributed by atoms with van der Waals surface area (Å²) in [6.45, 7) is 9.79. The highest BCUT2D eigenvalue weighted by Crippen LogP contribution is 2.48. The second kappa shape index (κ2) is 10.4. The number of urea groups is 1. The minimum Gasteiger partial charge on any atom is -0.336 e. The van der Waals surface area contributed by atoms with Gasteiger partial charge in [0.2, 0.25) is 0 Å². The number of nitrogens with zero attached hydrogens (tertiary/aromatic N) is 2. The molecule has 2 aromatic heterocycles. The zero-order chi connectivity index (χ0) is 26.0. The van der Waals surface area contributed by atoms with Crippen LogP contribution in [0.1, 0.15) is 56.7 Å². The van der Waals surface area contributed by atoms with Gasteiger partial charge < -0.3 is 10.6 Å². The molecule has 2 aromatic rings. The summed E-state index contributed by atoms with van der Waals surface area (Å²) in [5, 5.41) is 4.40. The third-order valence-electron chi connectivity index (χ3n) is 6.93. The van der Waals surface area contributed by atoms with Gasteiger partial charge in [0.15, 0.2) is 5.13 Å². The molecule has 10 heteroatoms. The fourth-order valence-electron chi connectivity index (χ4n) is 4.84. The minimum atomic E-state index is -4.65. The molecule has 1 aliphatic rings. The van der Waals surface area contributed by atoms with Gasteiger partial charge in [-0.05, 0) is 84.2 Å². The highest BCUT2D eigenvalue weighted by atomic mass is 32.1. The van der Waals surface area contributed by atoms with Crippen molar-refractivity contribution in [2.75, 3.05) is 13.1 Å². The monoisotopic (exact) mass is 514 g/mol. The molecule has 3 heterocycles. The van der Waals surface area contributed by atoms with Crippen LogP contribution in [0.5, 0.6) is 0 Å². The van der Waals surface area contributed by atoms with E-state index in [2.05, 4.69) is 15.6 Å². The third-order valence-corrected chi connectivity index (χ3v) is 7.86. The van der Waals surface area contributed by atoms with Crippen molar-refractivity contribution in [2.24, 2.45) is 5.41 Å². The number of amides is 2. The summed E-state index contributed by atoms with van der Waals surface area (Å²) in [5.41, 5.74) is -0.0645. The number of carbonyl (C=O) groups excluding carboxylic acids is 1. The summed E-state index contributed by atoms with van der Waals surface area (Å²) >= 11 is 0.946. The number of thiophene rings is 1. The number of aryl methyl sites for hydroxylation is 2. The first-order valence-electron chi connectivity index (χ1n) is 11.8. The molecule has 35 heavy (non-hydrogen) atoms. The first kappa shape index (κ1) is 27.4. The summed E-state index contributed by atoms with van der Waals surface area (Å²) in [7, 11) is 0. The van der Waals surface area contributed by atoms with E-state index in [1.807, 2.05) is 37.8 Å². The van der Waals surface area contributed by atoms with Gasteiger partial charge in [-0.2, -0.15) is 17.6 Å². The third kappa shape index (κ3) is 6.52. The molecule has 2 atom stereocenters. The van der Waals surface area contributed by atoms with Gasteiger partial charge in [0.25, 0.3) is 0 Å². The number of hydrogen-bond acceptors (Lipinski definition) is 4. The van der Waals surface area contributed by atoms with E-state index in [4.69, 9.17) is 0 Å². The molecule has 1 saturated heterocycles. The normalized spacial score (nSPS) is 20.3. The number of halogens is 4. The van der Waals surface area contributed by atoms with Crippen molar-refractivity contribution in [2.45, 2.75) is 77.7 Å². The first-order valence-corrected chi connectivity index (χ1v) is 12.6. The lowest BCUT2D eigenvalue weighted by atomic mass is 9.74. The molecule has 2 amide bonds. The van der Waals surface area contributed by atoms with Crippen LogP contribution in [0.15, 0.2) is 30.5 Å². The van der Waals surface area contributed by atoms with Crippen LogP contribution in [0.25, 0.3) is 0 Å². The number of aromatic nitrogens is 1. The van der Waals surface area contributed by atoms with Gasteiger partial charge in [0.05, 0.1) is 0 Å². The molecular formula is C25H34F4N4OS. The SMILES string of the molecule is Cc1ccc(C(C)(C)N2CC[C@@](CCc3ccc(F)s3)([C@H](NC(=O)NC(C)C)C(F)(F)F)C2)cn1. The van der Waals surface area contributed by atoms with Crippen LogP contribution in [-0.2, 0) is 12.0 Å². The van der Waals surface area contributed by atoms with Gasteiger partial charge in [-0.3, -0.25) is 9.88 Å². The quantitative estimate of drug-likeness (QED) is 0.439. The maximum absolute atomic E-state index is 14.5. The van der Waals surface area contributed by atoms with Crippen molar-refractivity contribution in [1.29, 1.82) is 0 Å². The second-order valence-corrected chi connectivity index (χ2v) is 11.4. The standard InChI is InChI=1S/C25H34F4N4OS/c1-16(2)31-22(34)32-21(25(27,28)29)24(11-10-19-8-9-20(26)35-19)12-13-33(15-24)23(4,5)18-7-6-17(3)30-14-18/h6-9,14,16,21H,10-13,15H2,1-5H3,(H2,31,32,34)/t21-,24+/m0/s1. The predicted octanol–water partition coefficient (Wildman–Crippen LogP) is 5.79. The van der Waals surface area contributed by atoms with Crippen molar-refractivity contribution < 1.29 is 22.4 Å². The Labute approximate surface area is 208 Å². The van der Waals surface area contributed by atoms with Gasteiger partial charge in [-0.1, -0.05) is 6.07 Å². The maximum Gasteiger partial charge on any atom is 0.409 e. The predicted molar refractivity (Wildman–Crippen MR) is 130 cm³/mol. The van der Waals surface area contributed by atoms with Crippen LogP contribution in [-0.4, -0.2) is 47.3 Å². The van der Waals surface area contributed by atoms with Crippen molar-refractivity contribution in [3.8, 4) is 0 Å². The molecule has 0 radical (unpaired) electrons. The number of likely N-dealkylation sites (tertiary alicyclic amines) is 1. The van der Waals surface area contributed by atoms with Crippen molar-refractivity contribution >= 4 is 17.4 Å². The topological polar surface area (TPSA) is 57.3 Å². The number of carbonyl (C=O) groups is 1. The van der Waals surface area contributed by atoms with Crippen LogP contribution < -0.4 is 10.6 Å². The first-order chi connectivity index (χ1) is 16.2. The smallest absolute Gasteiger partial charge is 0.336 e. The number of nitrogens with one attached hydrogen (secondary N) is 2. The molecular weight excluding hydrogens is 480 g/mol. The highest BCUT2D eigenvalue weighted by molar-refractivity contribution is 7.10. The Morgan fingerprint density at radius 3 is 2.46 bits per heavy atom. The van der Waals surface area contributed by atoms with Gasteiger partial charge in [0, 0.05) is 40.3 Å². The summed E-state index contributed by atoms with van der Waals surface area (Å²) in [4.78, 5) is 19.5. The molecule has 5 nitrogen and oxygen atoms in total. The Balaban J connectivity index is 1.94. The average molecular weight is 515 g/mol. The molecule has 2 N–H and O–H groups in total. The van der Waals surface area contributed by atoms with Gasteiger partial charge >= 0.3 is 12.2 Å². The van der Waals surface area contributed by atoms with Crippen LogP contribution in [0.3, 0.4) is 0 Å². The summed E-state index contributed by atoms with van der Waals surface area (Å²) in [5.74, 6) is 0. The molecule has 194 valence electrons. The maximum atomic E-state index is 14.5. The van der Waals surface area contributed by atoms with Gasteiger partial charge in [-0.15, -0.1) is 11.3 Å². The van der Waals surface area contributed by atoms with Gasteiger partial charge in [-0.25, -0.2) is 4.79 Å². The van der Waals surface area contributed by atoms with Crippen molar-refractivity contribution in [3.63, 3.8) is 0 Å². The Bertz CT molecular complexity index is 1010. The van der Waals surface area contributed by atoms with Crippen molar-refractivity contribution in [3.05, 3.63) is 51.7 Å². The van der Waals surface area contributed by atoms with Crippen LogP contribution in [0, 0.1) is 17.5 Å². The van der Waals surface area contributed by atoms with E-state index in [1.54, 1.807) is 26.1 Å². The zero-order valence-electron chi connectivity index (χ0n) is 20.8.